The first-order valence-corrected chi connectivity index (χ1v) is 6.61. The topological polar surface area (TPSA) is 46.2 Å². The Morgan fingerprint density at radius 1 is 1.29 bits per heavy atom. The van der Waals surface area contributed by atoms with Crippen LogP contribution in [0.3, 0.4) is 0 Å². The molecule has 1 rings (SSSR count). The molecule has 0 aliphatic heterocycles. The van der Waals surface area contributed by atoms with Crippen LogP contribution in [0.4, 0.5) is 0 Å². The number of rotatable bonds is 5. The summed E-state index contributed by atoms with van der Waals surface area (Å²) < 4.78 is 0. The molecule has 1 unspecified atom stereocenters. The fourth-order valence-corrected chi connectivity index (χ4v) is 1.80. The summed E-state index contributed by atoms with van der Waals surface area (Å²) in [6.45, 7) is 2.06. The van der Waals surface area contributed by atoms with Crippen molar-refractivity contribution in [1.82, 2.24) is 5.32 Å². The molecule has 0 saturated heterocycles. The maximum atomic E-state index is 11.7. The molecule has 0 aliphatic rings. The lowest BCUT2D eigenvalue weighted by Crippen LogP contribution is -2.36. The number of hydrogen-bond donors (Lipinski definition) is 1. The van der Waals surface area contributed by atoms with Gasteiger partial charge in [-0.1, -0.05) is 53.9 Å². The van der Waals surface area contributed by atoms with E-state index in [1.165, 1.54) is 0 Å². The van der Waals surface area contributed by atoms with E-state index in [2.05, 4.69) is 28.2 Å². The number of halogens is 1. The van der Waals surface area contributed by atoms with E-state index < -0.39 is 0 Å². The number of unbranched alkanes of at least 4 members (excludes halogenated alkanes) is 1. The third-order valence-corrected chi connectivity index (χ3v) is 3.24. The van der Waals surface area contributed by atoms with Crippen molar-refractivity contribution < 1.29 is 9.59 Å². The monoisotopic (exact) mass is 297 g/mol. The molecule has 0 heterocycles. The van der Waals surface area contributed by atoms with Crippen LogP contribution in [0.25, 0.3) is 0 Å². The van der Waals surface area contributed by atoms with Crippen LogP contribution in [0.15, 0.2) is 30.3 Å². The molecule has 3 nitrogen and oxygen atoms in total. The van der Waals surface area contributed by atoms with Gasteiger partial charge in [0.05, 0.1) is 4.83 Å². The lowest BCUT2D eigenvalue weighted by molar-refractivity contribution is -0.119. The molecule has 0 saturated carbocycles. The van der Waals surface area contributed by atoms with Crippen LogP contribution in [-0.2, 0) is 4.79 Å². The van der Waals surface area contributed by atoms with Crippen molar-refractivity contribution in [2.24, 2.45) is 0 Å². The summed E-state index contributed by atoms with van der Waals surface area (Å²) >= 11 is 3.28. The Morgan fingerprint density at radius 3 is 2.53 bits per heavy atom. The van der Waals surface area contributed by atoms with E-state index in [1.807, 2.05) is 6.07 Å². The lowest BCUT2D eigenvalue weighted by Gasteiger charge is -2.09. The predicted molar refractivity (Wildman–Crippen MR) is 71.2 cm³/mol. The lowest BCUT2D eigenvalue weighted by atomic mass is 10.2. The third kappa shape index (κ3) is 4.69. The number of alkyl halides is 1. The van der Waals surface area contributed by atoms with Gasteiger partial charge in [-0.05, 0) is 18.6 Å². The summed E-state index contributed by atoms with van der Waals surface area (Å²) in [4.78, 5) is 23.0. The molecule has 1 N–H and O–H groups in total. The second-order valence-electron chi connectivity index (χ2n) is 3.79. The standard InChI is InChI=1S/C13H16BrNO2/c1-2-3-9-11(14)13(17)15-12(16)10-7-5-4-6-8-10/h4-8,11H,2-3,9H2,1H3,(H,15,16,17). The van der Waals surface area contributed by atoms with Crippen molar-refractivity contribution in [3.8, 4) is 0 Å². The van der Waals surface area contributed by atoms with Gasteiger partial charge in [0.1, 0.15) is 0 Å². The first kappa shape index (κ1) is 13.9. The average Bonchev–Trinajstić information content (AvgIpc) is 2.36. The average molecular weight is 298 g/mol. The number of benzene rings is 1. The molecule has 0 spiro atoms. The Morgan fingerprint density at radius 2 is 1.94 bits per heavy atom. The molecule has 0 aliphatic carbocycles. The first-order chi connectivity index (χ1) is 8.15. The number of hydrogen-bond acceptors (Lipinski definition) is 2. The minimum Gasteiger partial charge on any atom is -0.291 e. The van der Waals surface area contributed by atoms with Crippen LogP contribution in [0, 0.1) is 0 Å². The quantitative estimate of drug-likeness (QED) is 0.850. The summed E-state index contributed by atoms with van der Waals surface area (Å²) in [5.41, 5.74) is 0.496. The zero-order chi connectivity index (χ0) is 12.7. The highest BCUT2D eigenvalue weighted by Gasteiger charge is 2.17. The normalized spacial score (nSPS) is 11.9. The van der Waals surface area contributed by atoms with Gasteiger partial charge in [-0.25, -0.2) is 0 Å². The molecule has 0 radical (unpaired) electrons. The molecule has 92 valence electrons. The second kappa shape index (κ2) is 7.22. The molecular weight excluding hydrogens is 282 g/mol. The van der Waals surface area contributed by atoms with Crippen molar-refractivity contribution in [3.05, 3.63) is 35.9 Å². The summed E-state index contributed by atoms with van der Waals surface area (Å²) in [6, 6.07) is 8.72. The molecule has 4 heteroatoms. The molecule has 2 amide bonds. The number of nitrogens with one attached hydrogen (secondary N) is 1. The van der Waals surface area contributed by atoms with E-state index in [1.54, 1.807) is 24.3 Å². The zero-order valence-electron chi connectivity index (χ0n) is 9.78. The Balaban J connectivity index is 2.49. The van der Waals surface area contributed by atoms with E-state index in [0.29, 0.717) is 5.56 Å². The van der Waals surface area contributed by atoms with Gasteiger partial charge in [-0.3, -0.25) is 14.9 Å². The first-order valence-electron chi connectivity index (χ1n) is 5.69. The molecule has 1 aromatic rings. The second-order valence-corrected chi connectivity index (χ2v) is 4.90. The van der Waals surface area contributed by atoms with Gasteiger partial charge in [0, 0.05) is 5.56 Å². The minimum atomic E-state index is -0.350. The third-order valence-electron chi connectivity index (χ3n) is 2.37. The van der Waals surface area contributed by atoms with Crippen LogP contribution < -0.4 is 5.32 Å². The summed E-state index contributed by atoms with van der Waals surface area (Å²) in [6.07, 6.45) is 2.73. The Kier molecular flexibility index (Phi) is 5.91. The van der Waals surface area contributed by atoms with Crippen molar-refractivity contribution in [3.63, 3.8) is 0 Å². The Hall–Kier alpha value is -1.16. The van der Waals surface area contributed by atoms with Crippen LogP contribution in [0.5, 0.6) is 0 Å². The maximum Gasteiger partial charge on any atom is 0.257 e. The minimum absolute atomic E-state index is 0.271. The van der Waals surface area contributed by atoms with E-state index in [-0.39, 0.29) is 16.6 Å². The molecule has 17 heavy (non-hydrogen) atoms. The van der Waals surface area contributed by atoms with Crippen molar-refractivity contribution in [2.45, 2.75) is 31.0 Å². The van der Waals surface area contributed by atoms with Gasteiger partial charge in [-0.2, -0.15) is 0 Å². The summed E-state index contributed by atoms with van der Waals surface area (Å²) in [5.74, 6) is -0.621. The molecule has 0 bridgehead atoms. The number of carbonyl (C=O) groups is 2. The fraction of sp³-hybridized carbons (Fsp3) is 0.385. The number of amides is 2. The number of imide groups is 1. The molecule has 0 fully saturated rings. The largest absolute Gasteiger partial charge is 0.291 e. The summed E-state index contributed by atoms with van der Waals surface area (Å²) in [7, 11) is 0. The fourth-order valence-electron chi connectivity index (χ4n) is 1.37. The SMILES string of the molecule is CCCCC(Br)C(=O)NC(=O)c1ccccc1. The van der Waals surface area contributed by atoms with Crippen LogP contribution in [-0.4, -0.2) is 16.6 Å². The molecule has 1 aromatic carbocycles. The van der Waals surface area contributed by atoms with Crippen LogP contribution >= 0.6 is 15.9 Å². The van der Waals surface area contributed by atoms with Gasteiger partial charge in [0.2, 0.25) is 5.91 Å². The van der Waals surface area contributed by atoms with Crippen molar-refractivity contribution in [1.29, 1.82) is 0 Å². The van der Waals surface area contributed by atoms with Crippen LogP contribution in [0.2, 0.25) is 0 Å². The molecule has 1 atom stereocenters. The molecular formula is C13H16BrNO2. The van der Waals surface area contributed by atoms with Gasteiger partial charge in [0.15, 0.2) is 0 Å². The van der Waals surface area contributed by atoms with Crippen LogP contribution in [0.1, 0.15) is 36.5 Å². The van der Waals surface area contributed by atoms with Crippen molar-refractivity contribution >= 4 is 27.7 Å². The maximum absolute atomic E-state index is 11.7. The highest BCUT2D eigenvalue weighted by atomic mass is 79.9. The van der Waals surface area contributed by atoms with Gasteiger partial charge >= 0.3 is 0 Å². The van der Waals surface area contributed by atoms with E-state index in [9.17, 15) is 9.59 Å². The highest BCUT2D eigenvalue weighted by molar-refractivity contribution is 9.10. The van der Waals surface area contributed by atoms with Gasteiger partial charge in [0.25, 0.3) is 5.91 Å². The zero-order valence-corrected chi connectivity index (χ0v) is 11.4. The van der Waals surface area contributed by atoms with Gasteiger partial charge in [-0.15, -0.1) is 0 Å². The van der Waals surface area contributed by atoms with Gasteiger partial charge < -0.3 is 0 Å². The van der Waals surface area contributed by atoms with E-state index in [0.717, 1.165) is 19.3 Å². The summed E-state index contributed by atoms with van der Waals surface area (Å²) in [5, 5.41) is 2.38. The number of carbonyl (C=O) groups excluding carboxylic acids is 2. The Labute approximate surface area is 110 Å². The van der Waals surface area contributed by atoms with E-state index in [4.69, 9.17) is 0 Å². The highest BCUT2D eigenvalue weighted by Crippen LogP contribution is 2.10. The molecule has 0 aromatic heterocycles. The Bertz CT molecular complexity index is 378. The van der Waals surface area contributed by atoms with E-state index >= 15 is 0 Å². The smallest absolute Gasteiger partial charge is 0.257 e. The predicted octanol–water partition coefficient (Wildman–Crippen LogP) is 2.90. The van der Waals surface area contributed by atoms with Crippen molar-refractivity contribution in [2.75, 3.05) is 0 Å².